The van der Waals surface area contributed by atoms with E-state index in [2.05, 4.69) is 10.5 Å². The highest BCUT2D eigenvalue weighted by Gasteiger charge is 2.26. The van der Waals surface area contributed by atoms with Gasteiger partial charge in [0, 0.05) is 17.6 Å². The standard InChI is InChI=1S/C18H19Cl2N3O4S/c1-12-4-7-16(27-3)17(8-12)28(25,26)23(2)11-18(24)22-21-10-13-5-6-14(19)9-15(13)20/h4-10H,11H2,1-3H3,(H,22,24)/b21-10-. The topological polar surface area (TPSA) is 88.1 Å². The Labute approximate surface area is 173 Å². The zero-order valence-corrected chi connectivity index (χ0v) is 17.8. The molecule has 2 rings (SSSR count). The lowest BCUT2D eigenvalue weighted by atomic mass is 10.2. The number of nitrogens with zero attached hydrogens (tertiary/aromatic N) is 2. The number of carbonyl (C=O) groups is 1. The van der Waals surface area contributed by atoms with Gasteiger partial charge in [0.15, 0.2) is 0 Å². The molecule has 0 unspecified atom stereocenters. The van der Waals surface area contributed by atoms with Crippen molar-refractivity contribution in [3.8, 4) is 5.75 Å². The Hall–Kier alpha value is -2.13. The number of methoxy groups -OCH3 is 1. The average Bonchev–Trinajstić information content (AvgIpc) is 2.63. The summed E-state index contributed by atoms with van der Waals surface area (Å²) in [4.78, 5) is 12.1. The molecule has 10 heteroatoms. The number of halogens is 2. The summed E-state index contributed by atoms with van der Waals surface area (Å²) < 4.78 is 31.6. The highest BCUT2D eigenvalue weighted by molar-refractivity contribution is 7.89. The number of amides is 1. The molecule has 0 atom stereocenters. The second-order valence-corrected chi connectivity index (χ2v) is 8.73. The van der Waals surface area contributed by atoms with E-state index in [1.165, 1.54) is 26.4 Å². The number of nitrogens with one attached hydrogen (secondary N) is 1. The van der Waals surface area contributed by atoms with Gasteiger partial charge in [0.25, 0.3) is 5.91 Å². The first-order valence-electron chi connectivity index (χ1n) is 8.03. The predicted octanol–water partition coefficient (Wildman–Crippen LogP) is 3.08. The van der Waals surface area contributed by atoms with Gasteiger partial charge in [-0.3, -0.25) is 4.79 Å². The molecule has 7 nitrogen and oxygen atoms in total. The molecular weight excluding hydrogens is 425 g/mol. The molecule has 0 heterocycles. The van der Waals surface area contributed by atoms with Gasteiger partial charge in [0.2, 0.25) is 10.0 Å². The van der Waals surface area contributed by atoms with Gasteiger partial charge >= 0.3 is 0 Å². The fourth-order valence-electron chi connectivity index (χ4n) is 2.26. The minimum atomic E-state index is -3.93. The van der Waals surface area contributed by atoms with Crippen LogP contribution in [0.4, 0.5) is 0 Å². The van der Waals surface area contributed by atoms with Crippen molar-refractivity contribution in [3.05, 3.63) is 57.6 Å². The lowest BCUT2D eigenvalue weighted by Gasteiger charge is -2.18. The fraction of sp³-hybridized carbons (Fsp3) is 0.222. The van der Waals surface area contributed by atoms with Gasteiger partial charge in [-0.2, -0.15) is 9.41 Å². The van der Waals surface area contributed by atoms with E-state index in [0.29, 0.717) is 15.6 Å². The smallest absolute Gasteiger partial charge is 0.255 e. The molecule has 28 heavy (non-hydrogen) atoms. The number of rotatable bonds is 7. The Morgan fingerprint density at radius 1 is 1.25 bits per heavy atom. The maximum atomic E-state index is 12.8. The number of carbonyl (C=O) groups excluding carboxylic acids is 1. The minimum Gasteiger partial charge on any atom is -0.495 e. The predicted molar refractivity (Wildman–Crippen MR) is 110 cm³/mol. The van der Waals surface area contributed by atoms with Crippen LogP contribution in [0.5, 0.6) is 5.75 Å². The third kappa shape index (κ3) is 5.45. The monoisotopic (exact) mass is 443 g/mol. The summed E-state index contributed by atoms with van der Waals surface area (Å²) >= 11 is 11.8. The molecule has 0 spiro atoms. The zero-order chi connectivity index (χ0) is 20.9. The van der Waals surface area contributed by atoms with E-state index in [-0.39, 0.29) is 10.6 Å². The molecule has 0 fully saturated rings. The van der Waals surface area contributed by atoms with E-state index >= 15 is 0 Å². The van der Waals surface area contributed by atoms with Gasteiger partial charge < -0.3 is 4.74 Å². The SMILES string of the molecule is COc1ccc(C)cc1S(=O)(=O)N(C)CC(=O)N/N=C\c1ccc(Cl)cc1Cl. The molecule has 0 radical (unpaired) electrons. The van der Waals surface area contributed by atoms with Gasteiger partial charge in [0.05, 0.1) is 24.9 Å². The van der Waals surface area contributed by atoms with Crippen molar-refractivity contribution in [2.75, 3.05) is 20.7 Å². The van der Waals surface area contributed by atoms with E-state index in [1.54, 1.807) is 37.3 Å². The number of hydrogen-bond donors (Lipinski definition) is 1. The third-order valence-electron chi connectivity index (χ3n) is 3.73. The Morgan fingerprint density at radius 3 is 2.61 bits per heavy atom. The van der Waals surface area contributed by atoms with E-state index in [4.69, 9.17) is 27.9 Å². The molecule has 2 aromatic carbocycles. The average molecular weight is 444 g/mol. The first-order valence-corrected chi connectivity index (χ1v) is 10.2. The Bertz CT molecular complexity index is 1010. The van der Waals surface area contributed by atoms with E-state index in [0.717, 1.165) is 9.87 Å². The van der Waals surface area contributed by atoms with Crippen LogP contribution >= 0.6 is 23.2 Å². The molecule has 150 valence electrons. The van der Waals surface area contributed by atoms with Crippen LogP contribution in [0.25, 0.3) is 0 Å². The second-order valence-electron chi connectivity index (χ2n) is 5.87. The highest BCUT2D eigenvalue weighted by atomic mass is 35.5. The quantitative estimate of drug-likeness (QED) is 0.525. The largest absolute Gasteiger partial charge is 0.495 e. The third-order valence-corrected chi connectivity index (χ3v) is 6.12. The van der Waals surface area contributed by atoms with Crippen LogP contribution < -0.4 is 10.2 Å². The number of sulfonamides is 1. The van der Waals surface area contributed by atoms with Gasteiger partial charge in [-0.15, -0.1) is 0 Å². The minimum absolute atomic E-state index is 0.0123. The van der Waals surface area contributed by atoms with E-state index in [9.17, 15) is 13.2 Å². The van der Waals surface area contributed by atoms with Crippen LogP contribution in [-0.2, 0) is 14.8 Å². The molecular formula is C18H19Cl2N3O4S. The first-order chi connectivity index (χ1) is 13.1. The summed E-state index contributed by atoms with van der Waals surface area (Å²) in [6.45, 7) is 1.34. The second kappa shape index (κ2) is 9.38. The van der Waals surface area contributed by atoms with Crippen molar-refractivity contribution in [2.24, 2.45) is 5.10 Å². The summed E-state index contributed by atoms with van der Waals surface area (Å²) in [5, 5.41) is 4.64. The molecule has 0 saturated heterocycles. The Kier molecular flexibility index (Phi) is 7.42. The van der Waals surface area contributed by atoms with Crippen molar-refractivity contribution < 1.29 is 17.9 Å². The summed E-state index contributed by atoms with van der Waals surface area (Å²) in [6, 6.07) is 9.61. The summed E-state index contributed by atoms with van der Waals surface area (Å²) in [6.07, 6.45) is 1.34. The molecule has 0 aliphatic carbocycles. The van der Waals surface area contributed by atoms with E-state index in [1.807, 2.05) is 0 Å². The number of benzene rings is 2. The summed E-state index contributed by atoms with van der Waals surface area (Å²) in [7, 11) is -1.24. The molecule has 0 saturated carbocycles. The number of hydrogen-bond acceptors (Lipinski definition) is 5. The van der Waals surface area contributed by atoms with Crippen LogP contribution in [0.2, 0.25) is 10.0 Å². The van der Waals surface area contributed by atoms with Crippen molar-refractivity contribution in [1.29, 1.82) is 0 Å². The molecule has 0 aromatic heterocycles. The Morgan fingerprint density at radius 2 is 1.96 bits per heavy atom. The number of ether oxygens (including phenoxy) is 1. The molecule has 0 bridgehead atoms. The van der Waals surface area contributed by atoms with Crippen molar-refractivity contribution in [2.45, 2.75) is 11.8 Å². The normalized spacial score (nSPS) is 11.8. The van der Waals surface area contributed by atoms with Gasteiger partial charge in [0.1, 0.15) is 10.6 Å². The summed E-state index contributed by atoms with van der Waals surface area (Å²) in [5.74, 6) is -0.410. The van der Waals surface area contributed by atoms with Gasteiger partial charge in [-0.25, -0.2) is 13.8 Å². The van der Waals surface area contributed by atoms with Crippen LogP contribution in [0.15, 0.2) is 46.4 Å². The fourth-order valence-corrected chi connectivity index (χ4v) is 4.08. The van der Waals surface area contributed by atoms with Crippen molar-refractivity contribution in [3.63, 3.8) is 0 Å². The van der Waals surface area contributed by atoms with Crippen LogP contribution in [0.1, 0.15) is 11.1 Å². The zero-order valence-electron chi connectivity index (χ0n) is 15.4. The van der Waals surface area contributed by atoms with Gasteiger partial charge in [-0.1, -0.05) is 35.3 Å². The first kappa shape index (κ1) is 22.2. The molecule has 2 aromatic rings. The van der Waals surface area contributed by atoms with Crippen LogP contribution in [0, 0.1) is 6.92 Å². The number of hydrazone groups is 1. The van der Waals surface area contributed by atoms with Crippen LogP contribution in [0.3, 0.4) is 0 Å². The lowest BCUT2D eigenvalue weighted by Crippen LogP contribution is -2.36. The molecule has 1 N–H and O–H groups in total. The van der Waals surface area contributed by atoms with E-state index < -0.39 is 22.5 Å². The lowest BCUT2D eigenvalue weighted by molar-refractivity contribution is -0.121. The summed E-state index contributed by atoms with van der Waals surface area (Å²) in [5.41, 5.74) is 3.57. The maximum absolute atomic E-state index is 12.8. The Balaban J connectivity index is 2.07. The highest BCUT2D eigenvalue weighted by Crippen LogP contribution is 2.27. The number of aryl methyl sites for hydroxylation is 1. The molecule has 0 aliphatic rings. The van der Waals surface area contributed by atoms with Crippen LogP contribution in [-0.4, -0.2) is 45.5 Å². The van der Waals surface area contributed by atoms with Crippen molar-refractivity contribution >= 4 is 45.3 Å². The molecule has 0 aliphatic heterocycles. The number of likely N-dealkylation sites (N-methyl/N-ethyl adjacent to an activating group) is 1. The molecule has 1 amide bonds. The van der Waals surface area contributed by atoms with Crippen molar-refractivity contribution in [1.82, 2.24) is 9.73 Å². The maximum Gasteiger partial charge on any atom is 0.255 e. The van der Waals surface area contributed by atoms with Gasteiger partial charge in [-0.05, 0) is 36.8 Å².